The van der Waals surface area contributed by atoms with Gasteiger partial charge in [0.1, 0.15) is 12.7 Å². The summed E-state index contributed by atoms with van der Waals surface area (Å²) in [4.78, 5) is 0.267. The number of aliphatic hydroxyl groups excluding tert-OH is 1. The SMILES string of the molecule is C=CCc1ccc(OC[C@H](O)CN2c3cccc4cccc(c34)S2(=O)=O)c(OC)c1. The molecule has 3 aromatic rings. The van der Waals surface area contributed by atoms with Crippen molar-refractivity contribution in [2.24, 2.45) is 0 Å². The molecule has 4 rings (SSSR count). The first-order valence-corrected chi connectivity index (χ1v) is 11.0. The fourth-order valence-corrected chi connectivity index (χ4v) is 5.46. The minimum atomic E-state index is -3.72. The van der Waals surface area contributed by atoms with Gasteiger partial charge in [-0.1, -0.05) is 36.4 Å². The molecule has 1 atom stereocenters. The molecule has 0 fully saturated rings. The van der Waals surface area contributed by atoms with E-state index in [1.54, 1.807) is 37.5 Å². The molecule has 30 heavy (non-hydrogen) atoms. The van der Waals surface area contributed by atoms with E-state index in [1.807, 2.05) is 30.3 Å². The maximum absolute atomic E-state index is 13.0. The molecule has 0 bridgehead atoms. The van der Waals surface area contributed by atoms with Gasteiger partial charge in [-0.2, -0.15) is 0 Å². The van der Waals surface area contributed by atoms with E-state index < -0.39 is 16.1 Å². The van der Waals surface area contributed by atoms with Gasteiger partial charge in [-0.15, -0.1) is 6.58 Å². The van der Waals surface area contributed by atoms with Gasteiger partial charge in [-0.3, -0.25) is 4.31 Å². The van der Waals surface area contributed by atoms with Crippen LogP contribution in [0.2, 0.25) is 0 Å². The van der Waals surface area contributed by atoms with Crippen molar-refractivity contribution in [1.82, 2.24) is 0 Å². The average molecular weight is 426 g/mol. The molecule has 156 valence electrons. The third kappa shape index (κ3) is 3.51. The van der Waals surface area contributed by atoms with Crippen LogP contribution >= 0.6 is 0 Å². The normalized spacial score (nSPS) is 15.2. The number of aliphatic hydroxyl groups is 1. The number of ether oxygens (including phenoxy) is 2. The summed E-state index contributed by atoms with van der Waals surface area (Å²) in [5.74, 6) is 1.03. The summed E-state index contributed by atoms with van der Waals surface area (Å²) < 4.78 is 38.4. The highest BCUT2D eigenvalue weighted by Crippen LogP contribution is 2.42. The van der Waals surface area contributed by atoms with Crippen molar-refractivity contribution < 1.29 is 23.0 Å². The Morgan fingerprint density at radius 2 is 1.90 bits per heavy atom. The lowest BCUT2D eigenvalue weighted by molar-refractivity contribution is 0.113. The number of benzene rings is 3. The van der Waals surface area contributed by atoms with Crippen molar-refractivity contribution in [3.63, 3.8) is 0 Å². The van der Waals surface area contributed by atoms with E-state index in [9.17, 15) is 13.5 Å². The molecule has 0 amide bonds. The lowest BCUT2D eigenvalue weighted by atomic mass is 10.1. The van der Waals surface area contributed by atoms with Crippen LogP contribution < -0.4 is 13.8 Å². The van der Waals surface area contributed by atoms with E-state index >= 15 is 0 Å². The van der Waals surface area contributed by atoms with Gasteiger partial charge in [0.05, 0.1) is 24.2 Å². The third-order valence-electron chi connectivity index (χ3n) is 5.10. The van der Waals surface area contributed by atoms with Gasteiger partial charge >= 0.3 is 0 Å². The van der Waals surface area contributed by atoms with Gasteiger partial charge in [0, 0.05) is 5.39 Å². The van der Waals surface area contributed by atoms with Gasteiger partial charge < -0.3 is 14.6 Å². The molecular formula is C23H23NO5S. The number of methoxy groups -OCH3 is 1. The Balaban J connectivity index is 1.51. The van der Waals surface area contributed by atoms with E-state index in [1.165, 1.54) is 4.31 Å². The molecule has 1 aliphatic heterocycles. The first kappa shape index (κ1) is 20.3. The van der Waals surface area contributed by atoms with E-state index in [0.29, 0.717) is 29.0 Å². The fourth-order valence-electron chi connectivity index (χ4n) is 3.71. The Bertz CT molecular complexity index is 1200. The van der Waals surface area contributed by atoms with Crippen molar-refractivity contribution in [1.29, 1.82) is 0 Å². The molecule has 7 heteroatoms. The molecule has 6 nitrogen and oxygen atoms in total. The summed E-state index contributed by atoms with van der Waals surface area (Å²) in [6.07, 6.45) is 1.48. The molecule has 1 aliphatic rings. The van der Waals surface area contributed by atoms with Gasteiger partial charge in [0.2, 0.25) is 0 Å². The van der Waals surface area contributed by atoms with Crippen LogP contribution in [-0.2, 0) is 16.4 Å². The van der Waals surface area contributed by atoms with Crippen molar-refractivity contribution in [3.8, 4) is 11.5 Å². The van der Waals surface area contributed by atoms with Gasteiger partial charge in [-0.05, 0) is 41.6 Å². The summed E-state index contributed by atoms with van der Waals surface area (Å²) in [6.45, 7) is 3.55. The average Bonchev–Trinajstić information content (AvgIpc) is 2.96. The predicted molar refractivity (Wildman–Crippen MR) is 117 cm³/mol. The molecular weight excluding hydrogens is 402 g/mol. The smallest absolute Gasteiger partial charge is 0.265 e. The predicted octanol–water partition coefficient (Wildman–Crippen LogP) is 3.53. The van der Waals surface area contributed by atoms with Crippen LogP contribution in [0, 0.1) is 0 Å². The first-order chi connectivity index (χ1) is 14.5. The topological polar surface area (TPSA) is 76.1 Å². The summed E-state index contributed by atoms with van der Waals surface area (Å²) in [6, 6.07) is 16.2. The van der Waals surface area contributed by atoms with E-state index in [0.717, 1.165) is 10.9 Å². The number of nitrogens with zero attached hydrogens (tertiary/aromatic N) is 1. The molecule has 0 unspecified atom stereocenters. The number of β-amino-alcohol motifs (C(OH)–C–C–N with tert-alkyl or cyclic N) is 1. The number of rotatable bonds is 8. The van der Waals surface area contributed by atoms with E-state index in [-0.39, 0.29) is 18.0 Å². The molecule has 0 aromatic heterocycles. The van der Waals surface area contributed by atoms with Gasteiger partial charge in [0.15, 0.2) is 11.5 Å². The summed E-state index contributed by atoms with van der Waals surface area (Å²) in [5, 5.41) is 12.1. The van der Waals surface area contributed by atoms with Crippen LogP contribution in [0.1, 0.15) is 5.56 Å². The quantitative estimate of drug-likeness (QED) is 0.559. The molecule has 0 saturated carbocycles. The lowest BCUT2D eigenvalue weighted by Gasteiger charge is -2.22. The molecule has 3 aromatic carbocycles. The molecule has 0 spiro atoms. The molecule has 1 N–H and O–H groups in total. The highest BCUT2D eigenvalue weighted by molar-refractivity contribution is 7.93. The summed E-state index contributed by atoms with van der Waals surface area (Å²) in [5.41, 5.74) is 1.61. The number of sulfonamides is 1. The third-order valence-corrected chi connectivity index (χ3v) is 6.92. The van der Waals surface area contributed by atoms with Crippen molar-refractivity contribution >= 4 is 26.5 Å². The van der Waals surface area contributed by atoms with Crippen LogP contribution in [0.5, 0.6) is 11.5 Å². The maximum atomic E-state index is 13.0. The number of hydrogen-bond acceptors (Lipinski definition) is 5. The van der Waals surface area contributed by atoms with Crippen LogP contribution in [0.25, 0.3) is 10.8 Å². The van der Waals surface area contributed by atoms with Gasteiger partial charge in [0.25, 0.3) is 10.0 Å². The summed E-state index contributed by atoms with van der Waals surface area (Å²) in [7, 11) is -2.17. The van der Waals surface area contributed by atoms with Crippen LogP contribution in [-0.4, -0.2) is 39.9 Å². The largest absolute Gasteiger partial charge is 0.493 e. The van der Waals surface area contributed by atoms with Crippen LogP contribution in [0.15, 0.2) is 72.1 Å². The Morgan fingerprint density at radius 3 is 2.63 bits per heavy atom. The standard InChI is InChI=1S/C23H23NO5S/c1-3-6-16-11-12-20(21(13-16)28-2)29-15-18(25)14-24-19-9-4-7-17-8-5-10-22(23(17)19)30(24,26)27/h3-5,7-13,18,25H,1,6,14-15H2,2H3/t18-/m1/s1. The molecule has 0 radical (unpaired) electrons. The Morgan fingerprint density at radius 1 is 1.13 bits per heavy atom. The maximum Gasteiger partial charge on any atom is 0.265 e. The zero-order valence-electron chi connectivity index (χ0n) is 16.6. The second-order valence-corrected chi connectivity index (χ2v) is 8.94. The van der Waals surface area contributed by atoms with E-state index in [2.05, 4.69) is 6.58 Å². The molecule has 0 saturated heterocycles. The number of anilines is 1. The van der Waals surface area contributed by atoms with Crippen LogP contribution in [0.3, 0.4) is 0 Å². The van der Waals surface area contributed by atoms with Crippen molar-refractivity contribution in [2.45, 2.75) is 17.4 Å². The zero-order chi connectivity index (χ0) is 21.3. The summed E-state index contributed by atoms with van der Waals surface area (Å²) >= 11 is 0. The Kier molecular flexibility index (Phi) is 5.40. The number of allylic oxidation sites excluding steroid dienone is 1. The zero-order valence-corrected chi connectivity index (χ0v) is 17.4. The monoisotopic (exact) mass is 425 g/mol. The minimum Gasteiger partial charge on any atom is -0.493 e. The Labute approximate surface area is 176 Å². The van der Waals surface area contributed by atoms with Crippen LogP contribution in [0.4, 0.5) is 5.69 Å². The number of hydrogen-bond donors (Lipinski definition) is 1. The second kappa shape index (κ2) is 8.01. The fraction of sp³-hybridized carbons (Fsp3) is 0.217. The molecule has 0 aliphatic carbocycles. The second-order valence-electron chi connectivity index (χ2n) is 7.11. The lowest BCUT2D eigenvalue weighted by Crippen LogP contribution is -2.37. The molecule has 1 heterocycles. The minimum absolute atomic E-state index is 0.0739. The van der Waals surface area contributed by atoms with E-state index in [4.69, 9.17) is 9.47 Å². The highest BCUT2D eigenvalue weighted by atomic mass is 32.2. The van der Waals surface area contributed by atoms with Gasteiger partial charge in [-0.25, -0.2) is 8.42 Å². The van der Waals surface area contributed by atoms with Crippen molar-refractivity contribution in [2.75, 3.05) is 24.6 Å². The Hall–Kier alpha value is -3.03. The van der Waals surface area contributed by atoms with Crippen molar-refractivity contribution in [3.05, 3.63) is 72.8 Å². The highest BCUT2D eigenvalue weighted by Gasteiger charge is 2.36. The first-order valence-electron chi connectivity index (χ1n) is 9.59.